The molecule has 0 aliphatic heterocycles. The first-order valence-corrected chi connectivity index (χ1v) is 4.86. The molecule has 0 aliphatic carbocycles. The molecule has 4 nitrogen and oxygen atoms in total. The Kier molecular flexibility index (Phi) is 2.25. The highest BCUT2D eigenvalue weighted by atomic mass is 79.9. The third-order valence-corrected chi connectivity index (χ3v) is 2.34. The molecule has 2 rings (SSSR count). The summed E-state index contributed by atoms with van der Waals surface area (Å²) in [6, 6.07) is 3.68. The van der Waals surface area contributed by atoms with Crippen molar-refractivity contribution >= 4 is 32.9 Å². The van der Waals surface area contributed by atoms with E-state index in [1.54, 1.807) is 19.3 Å². The zero-order valence-electron chi connectivity index (χ0n) is 7.47. The molecule has 14 heavy (non-hydrogen) atoms. The number of hydrogen-bond acceptors (Lipinski definition) is 2. The van der Waals surface area contributed by atoms with Crippen molar-refractivity contribution in [2.75, 3.05) is 7.05 Å². The van der Waals surface area contributed by atoms with Crippen LogP contribution in [0.15, 0.2) is 22.8 Å². The number of nitrogens with one attached hydrogen (secondary N) is 2. The highest BCUT2D eigenvalue weighted by molar-refractivity contribution is 9.10. The Morgan fingerprint density at radius 3 is 3.07 bits per heavy atom. The van der Waals surface area contributed by atoms with Crippen molar-refractivity contribution in [2.24, 2.45) is 0 Å². The van der Waals surface area contributed by atoms with E-state index in [9.17, 15) is 4.79 Å². The number of fused-ring (bicyclic) bond motifs is 1. The Labute approximate surface area is 88.9 Å². The van der Waals surface area contributed by atoms with Crippen LogP contribution >= 0.6 is 15.9 Å². The molecule has 0 aromatic carbocycles. The van der Waals surface area contributed by atoms with Crippen molar-refractivity contribution in [3.05, 3.63) is 28.5 Å². The van der Waals surface area contributed by atoms with Gasteiger partial charge in [0.05, 0.1) is 0 Å². The van der Waals surface area contributed by atoms with Gasteiger partial charge >= 0.3 is 0 Å². The maximum atomic E-state index is 11.3. The van der Waals surface area contributed by atoms with Gasteiger partial charge in [0.15, 0.2) is 0 Å². The van der Waals surface area contributed by atoms with E-state index in [1.807, 2.05) is 6.07 Å². The number of amides is 1. The molecule has 0 fully saturated rings. The third kappa shape index (κ3) is 1.50. The molecule has 1 amide bonds. The van der Waals surface area contributed by atoms with Crippen LogP contribution in [0.1, 0.15) is 10.5 Å². The van der Waals surface area contributed by atoms with E-state index in [0.29, 0.717) is 11.3 Å². The molecule has 5 heteroatoms. The van der Waals surface area contributed by atoms with E-state index in [-0.39, 0.29) is 5.91 Å². The van der Waals surface area contributed by atoms with Gasteiger partial charge in [0.2, 0.25) is 0 Å². The fraction of sp³-hybridized carbons (Fsp3) is 0.111. The summed E-state index contributed by atoms with van der Waals surface area (Å²) < 4.78 is 0.896. The van der Waals surface area contributed by atoms with Crippen LogP contribution in [-0.4, -0.2) is 22.9 Å². The SMILES string of the molecule is CNC(=O)c1cc2cc(Br)cnc2[nH]1. The van der Waals surface area contributed by atoms with E-state index in [1.165, 1.54) is 0 Å². The number of pyridine rings is 1. The number of rotatable bonds is 1. The predicted molar refractivity (Wildman–Crippen MR) is 57.2 cm³/mol. The summed E-state index contributed by atoms with van der Waals surface area (Å²) >= 11 is 3.32. The van der Waals surface area contributed by atoms with E-state index < -0.39 is 0 Å². The highest BCUT2D eigenvalue weighted by Crippen LogP contribution is 2.17. The van der Waals surface area contributed by atoms with Gasteiger partial charge in [-0.15, -0.1) is 0 Å². The number of carbonyl (C=O) groups excluding carboxylic acids is 1. The van der Waals surface area contributed by atoms with E-state index in [0.717, 1.165) is 9.86 Å². The topological polar surface area (TPSA) is 57.8 Å². The molecule has 0 saturated carbocycles. The van der Waals surface area contributed by atoms with Crippen LogP contribution in [0.4, 0.5) is 0 Å². The lowest BCUT2D eigenvalue weighted by atomic mass is 10.3. The zero-order valence-corrected chi connectivity index (χ0v) is 9.05. The van der Waals surface area contributed by atoms with Gasteiger partial charge in [-0.2, -0.15) is 0 Å². The summed E-state index contributed by atoms with van der Waals surface area (Å²) in [5, 5.41) is 3.46. The van der Waals surface area contributed by atoms with Gasteiger partial charge in [-0.25, -0.2) is 4.98 Å². The molecule has 0 spiro atoms. The van der Waals surface area contributed by atoms with Crippen LogP contribution in [0.3, 0.4) is 0 Å². The van der Waals surface area contributed by atoms with Crippen LogP contribution in [0, 0.1) is 0 Å². The maximum absolute atomic E-state index is 11.3. The Hall–Kier alpha value is -1.36. The quantitative estimate of drug-likeness (QED) is 0.813. The summed E-state index contributed by atoms with van der Waals surface area (Å²) in [7, 11) is 1.59. The second kappa shape index (κ2) is 3.42. The molecule has 2 aromatic rings. The van der Waals surface area contributed by atoms with Crippen LogP contribution in [-0.2, 0) is 0 Å². The lowest BCUT2D eigenvalue weighted by Crippen LogP contribution is -2.17. The lowest BCUT2D eigenvalue weighted by molar-refractivity contribution is 0.0959. The molecule has 2 N–H and O–H groups in total. The summed E-state index contributed by atoms with van der Waals surface area (Å²) in [6.07, 6.45) is 1.69. The summed E-state index contributed by atoms with van der Waals surface area (Å²) in [5.74, 6) is -0.140. The Morgan fingerprint density at radius 1 is 1.57 bits per heavy atom. The van der Waals surface area contributed by atoms with Crippen LogP contribution in [0.2, 0.25) is 0 Å². The highest BCUT2D eigenvalue weighted by Gasteiger charge is 2.07. The molecule has 0 unspecified atom stereocenters. The van der Waals surface area contributed by atoms with E-state index in [4.69, 9.17) is 0 Å². The van der Waals surface area contributed by atoms with Gasteiger partial charge < -0.3 is 10.3 Å². The Balaban J connectivity index is 2.56. The van der Waals surface area contributed by atoms with Crippen LogP contribution in [0.5, 0.6) is 0 Å². The normalized spacial score (nSPS) is 10.4. The number of hydrogen-bond donors (Lipinski definition) is 2. The standard InChI is InChI=1S/C9H8BrN3O/c1-11-9(14)7-3-5-2-6(10)4-12-8(5)13-7/h2-4H,1H3,(H,11,14)(H,12,13). The smallest absolute Gasteiger partial charge is 0.267 e. The molecule has 2 heterocycles. The largest absolute Gasteiger partial charge is 0.354 e. The van der Waals surface area contributed by atoms with Crippen molar-refractivity contribution in [3.8, 4) is 0 Å². The van der Waals surface area contributed by atoms with Gasteiger partial charge in [-0.3, -0.25) is 4.79 Å². The van der Waals surface area contributed by atoms with Crippen molar-refractivity contribution < 1.29 is 4.79 Å². The van der Waals surface area contributed by atoms with Crippen molar-refractivity contribution in [2.45, 2.75) is 0 Å². The van der Waals surface area contributed by atoms with Crippen LogP contribution in [0.25, 0.3) is 11.0 Å². The molecule has 72 valence electrons. The summed E-state index contributed by atoms with van der Waals surface area (Å²) in [6.45, 7) is 0. The number of halogens is 1. The minimum atomic E-state index is -0.140. The Morgan fingerprint density at radius 2 is 2.36 bits per heavy atom. The molecule has 0 radical (unpaired) electrons. The first-order chi connectivity index (χ1) is 6.70. The molecular weight excluding hydrogens is 246 g/mol. The van der Waals surface area contributed by atoms with Gasteiger partial charge in [-0.05, 0) is 28.1 Å². The monoisotopic (exact) mass is 253 g/mol. The fourth-order valence-electron chi connectivity index (χ4n) is 1.25. The number of aromatic nitrogens is 2. The van der Waals surface area contributed by atoms with Crippen molar-refractivity contribution in [1.29, 1.82) is 0 Å². The molecule has 0 bridgehead atoms. The molecule has 2 aromatic heterocycles. The minimum absolute atomic E-state index is 0.140. The molecule has 0 aliphatic rings. The van der Waals surface area contributed by atoms with E-state index >= 15 is 0 Å². The molecule has 0 atom stereocenters. The van der Waals surface area contributed by atoms with Gasteiger partial charge in [0.1, 0.15) is 11.3 Å². The zero-order chi connectivity index (χ0) is 10.1. The van der Waals surface area contributed by atoms with Crippen molar-refractivity contribution in [3.63, 3.8) is 0 Å². The number of aromatic amines is 1. The minimum Gasteiger partial charge on any atom is -0.354 e. The van der Waals surface area contributed by atoms with Crippen LogP contribution < -0.4 is 5.32 Å². The van der Waals surface area contributed by atoms with Crippen molar-refractivity contribution in [1.82, 2.24) is 15.3 Å². The maximum Gasteiger partial charge on any atom is 0.267 e. The van der Waals surface area contributed by atoms with Gasteiger partial charge in [0, 0.05) is 23.1 Å². The van der Waals surface area contributed by atoms with Gasteiger partial charge in [0.25, 0.3) is 5.91 Å². The first kappa shape index (κ1) is 9.21. The lowest BCUT2D eigenvalue weighted by Gasteiger charge is -1.92. The Bertz CT molecular complexity index is 492. The average molecular weight is 254 g/mol. The second-order valence-corrected chi connectivity index (χ2v) is 3.77. The van der Waals surface area contributed by atoms with Gasteiger partial charge in [-0.1, -0.05) is 0 Å². The summed E-state index contributed by atoms with van der Waals surface area (Å²) in [4.78, 5) is 18.4. The number of H-pyrrole nitrogens is 1. The van der Waals surface area contributed by atoms with E-state index in [2.05, 4.69) is 31.2 Å². The fourth-order valence-corrected chi connectivity index (χ4v) is 1.59. The number of nitrogens with zero attached hydrogens (tertiary/aromatic N) is 1. The summed E-state index contributed by atoms with van der Waals surface area (Å²) in [5.41, 5.74) is 1.24. The number of carbonyl (C=O) groups is 1. The molecule has 0 saturated heterocycles. The third-order valence-electron chi connectivity index (χ3n) is 1.91. The second-order valence-electron chi connectivity index (χ2n) is 2.85. The molecular formula is C9H8BrN3O. The first-order valence-electron chi connectivity index (χ1n) is 4.07. The average Bonchev–Trinajstić information content (AvgIpc) is 2.59. The predicted octanol–water partition coefficient (Wildman–Crippen LogP) is 1.69.